The molecule has 0 unspecified atom stereocenters. The lowest BCUT2D eigenvalue weighted by Gasteiger charge is -2.10. The second-order valence-electron chi connectivity index (χ2n) is 4.76. The van der Waals surface area contributed by atoms with Gasteiger partial charge in [-0.15, -0.1) is 0 Å². The summed E-state index contributed by atoms with van der Waals surface area (Å²) in [6.45, 7) is 2.04. The Morgan fingerprint density at radius 2 is 1.87 bits per heavy atom. The Morgan fingerprint density at radius 3 is 2.57 bits per heavy atom. The predicted molar refractivity (Wildman–Crippen MR) is 96.6 cm³/mol. The van der Waals surface area contributed by atoms with Gasteiger partial charge in [-0.05, 0) is 36.8 Å². The highest BCUT2D eigenvalue weighted by Crippen LogP contribution is 2.24. The number of nitrogens with one attached hydrogen (secondary N) is 2. The van der Waals surface area contributed by atoms with Gasteiger partial charge in [-0.1, -0.05) is 42.0 Å². The van der Waals surface area contributed by atoms with Crippen LogP contribution in [0.1, 0.15) is 11.1 Å². The number of aliphatic imine (C=N–C) groups is 1. The molecule has 118 valence electrons. The van der Waals surface area contributed by atoms with Crippen LogP contribution in [-0.2, 0) is 4.74 Å². The van der Waals surface area contributed by atoms with E-state index >= 15 is 0 Å². The molecule has 0 aliphatic carbocycles. The van der Waals surface area contributed by atoms with Gasteiger partial charge in [0.25, 0.3) is 0 Å². The first-order valence-electron chi connectivity index (χ1n) is 6.94. The van der Waals surface area contributed by atoms with E-state index in [9.17, 15) is 4.79 Å². The van der Waals surface area contributed by atoms with E-state index in [0.29, 0.717) is 11.4 Å². The number of para-hydroxylation sites is 2. The number of alkyl carbamates (subject to hydrolysis) is 1. The van der Waals surface area contributed by atoms with Crippen molar-refractivity contribution >= 4 is 41.0 Å². The van der Waals surface area contributed by atoms with E-state index in [0.717, 1.165) is 5.56 Å². The maximum Gasteiger partial charge on any atom is 0.413 e. The molecule has 0 fully saturated rings. The van der Waals surface area contributed by atoms with Gasteiger partial charge in [-0.25, -0.2) is 4.79 Å². The maximum absolute atomic E-state index is 11.1. The smallest absolute Gasteiger partial charge is 0.413 e. The van der Waals surface area contributed by atoms with Crippen molar-refractivity contribution in [3.63, 3.8) is 0 Å². The molecule has 2 rings (SSSR count). The molecule has 0 aliphatic rings. The van der Waals surface area contributed by atoms with E-state index in [-0.39, 0.29) is 5.11 Å². The molecule has 0 saturated heterocycles. The second-order valence-corrected chi connectivity index (χ2v) is 5.16. The Balaban J connectivity index is 2.12. The number of anilines is 1. The number of rotatable bonds is 3. The zero-order chi connectivity index (χ0) is 16.7. The Hall–Kier alpha value is -2.73. The van der Waals surface area contributed by atoms with E-state index in [1.165, 1.54) is 12.7 Å². The molecule has 0 atom stereocenters. The van der Waals surface area contributed by atoms with Crippen molar-refractivity contribution in [1.29, 1.82) is 0 Å². The highest BCUT2D eigenvalue weighted by molar-refractivity contribution is 7.80. The lowest BCUT2D eigenvalue weighted by molar-refractivity contribution is 0.177. The van der Waals surface area contributed by atoms with Gasteiger partial charge in [0, 0.05) is 6.21 Å². The van der Waals surface area contributed by atoms with Crippen molar-refractivity contribution in [3.8, 4) is 0 Å². The number of carbonyl (C=O) groups is 1. The largest absolute Gasteiger partial charge is 0.453 e. The Labute approximate surface area is 140 Å². The summed E-state index contributed by atoms with van der Waals surface area (Å²) < 4.78 is 4.50. The van der Waals surface area contributed by atoms with Gasteiger partial charge >= 0.3 is 6.09 Å². The van der Waals surface area contributed by atoms with Crippen LogP contribution < -0.4 is 10.6 Å². The summed E-state index contributed by atoms with van der Waals surface area (Å²) in [5.41, 5.74) is 3.60. The third-order valence-electron chi connectivity index (χ3n) is 2.98. The quantitative estimate of drug-likeness (QED) is 0.665. The topological polar surface area (TPSA) is 62.7 Å². The number of hydrogen-bond acceptors (Lipinski definition) is 4. The lowest BCUT2D eigenvalue weighted by Crippen LogP contribution is -2.33. The monoisotopic (exact) mass is 327 g/mol. The molecule has 0 aromatic heterocycles. The first kappa shape index (κ1) is 16.6. The normalized spacial score (nSPS) is 10.3. The summed E-state index contributed by atoms with van der Waals surface area (Å²) in [7, 11) is 1.28. The number of nitrogens with zero attached hydrogens (tertiary/aromatic N) is 1. The fourth-order valence-electron chi connectivity index (χ4n) is 1.79. The molecule has 0 heterocycles. The zero-order valence-electron chi connectivity index (χ0n) is 12.9. The van der Waals surface area contributed by atoms with Crippen molar-refractivity contribution in [3.05, 3.63) is 59.7 Å². The minimum atomic E-state index is -0.622. The number of amides is 1. The van der Waals surface area contributed by atoms with E-state index in [4.69, 9.17) is 12.2 Å². The average Bonchev–Trinajstić information content (AvgIpc) is 2.55. The molecule has 5 nitrogen and oxygen atoms in total. The van der Waals surface area contributed by atoms with Gasteiger partial charge in [-0.3, -0.25) is 10.3 Å². The molecule has 0 spiro atoms. The molecular weight excluding hydrogens is 310 g/mol. The molecule has 23 heavy (non-hydrogen) atoms. The SMILES string of the molecule is COC(=O)NC(=S)Nc1ccccc1N=Cc1ccc(C)cc1. The molecular formula is C17H17N3O2S. The zero-order valence-corrected chi connectivity index (χ0v) is 13.7. The van der Waals surface area contributed by atoms with Crippen LogP contribution in [0.3, 0.4) is 0 Å². The first-order chi connectivity index (χ1) is 11.1. The Bertz CT molecular complexity index is 727. The van der Waals surface area contributed by atoms with Crippen molar-refractivity contribution in [2.24, 2.45) is 4.99 Å². The molecule has 0 saturated carbocycles. The number of methoxy groups -OCH3 is 1. The molecule has 0 bridgehead atoms. The standard InChI is InChI=1S/C17H17N3O2S/c1-12-7-9-13(10-8-12)11-18-14-5-3-4-6-15(14)19-16(23)20-17(21)22-2/h3-11H,1-2H3,(H2,19,20,21,23). The summed E-state index contributed by atoms with van der Waals surface area (Å²) in [5, 5.41) is 5.47. The number of benzene rings is 2. The Kier molecular flexibility index (Phi) is 5.82. The van der Waals surface area contributed by atoms with E-state index < -0.39 is 6.09 Å². The lowest BCUT2D eigenvalue weighted by atomic mass is 10.2. The molecule has 1 amide bonds. The van der Waals surface area contributed by atoms with Crippen LogP contribution in [0.5, 0.6) is 0 Å². The van der Waals surface area contributed by atoms with Gasteiger partial charge in [0.05, 0.1) is 18.5 Å². The molecule has 0 radical (unpaired) electrons. The van der Waals surface area contributed by atoms with Crippen LogP contribution >= 0.6 is 12.2 Å². The number of thiocarbonyl (C=S) groups is 1. The Morgan fingerprint density at radius 1 is 1.17 bits per heavy atom. The van der Waals surface area contributed by atoms with Gasteiger partial charge in [0.15, 0.2) is 5.11 Å². The summed E-state index contributed by atoms with van der Waals surface area (Å²) in [6.07, 6.45) is 1.15. The van der Waals surface area contributed by atoms with Gasteiger partial charge in [0.1, 0.15) is 0 Å². The molecule has 2 aromatic carbocycles. The summed E-state index contributed by atoms with van der Waals surface area (Å²) in [6, 6.07) is 15.5. The molecule has 2 aromatic rings. The van der Waals surface area contributed by atoms with Crippen LogP contribution in [0.4, 0.5) is 16.2 Å². The predicted octanol–water partition coefficient (Wildman–Crippen LogP) is 3.80. The maximum atomic E-state index is 11.1. The number of carbonyl (C=O) groups excluding carboxylic acids is 1. The second kappa shape index (κ2) is 8.05. The minimum Gasteiger partial charge on any atom is -0.453 e. The van der Waals surface area contributed by atoms with Crippen molar-refractivity contribution in [2.45, 2.75) is 6.92 Å². The van der Waals surface area contributed by atoms with E-state index in [1.807, 2.05) is 55.5 Å². The van der Waals surface area contributed by atoms with Crippen LogP contribution in [0.25, 0.3) is 0 Å². The molecule has 2 N–H and O–H groups in total. The van der Waals surface area contributed by atoms with Gasteiger partial charge < -0.3 is 10.1 Å². The molecule has 6 heteroatoms. The number of aryl methyl sites for hydroxylation is 1. The fraction of sp³-hybridized carbons (Fsp3) is 0.118. The van der Waals surface area contributed by atoms with Crippen LogP contribution in [0, 0.1) is 6.92 Å². The van der Waals surface area contributed by atoms with E-state index in [1.54, 1.807) is 6.21 Å². The molecule has 0 aliphatic heterocycles. The van der Waals surface area contributed by atoms with Crippen LogP contribution in [-0.4, -0.2) is 24.5 Å². The van der Waals surface area contributed by atoms with Crippen LogP contribution in [0.15, 0.2) is 53.5 Å². The van der Waals surface area contributed by atoms with Crippen molar-refractivity contribution < 1.29 is 9.53 Å². The number of hydrogen-bond donors (Lipinski definition) is 2. The van der Waals surface area contributed by atoms with Gasteiger partial charge in [-0.2, -0.15) is 0 Å². The summed E-state index contributed by atoms with van der Waals surface area (Å²) >= 11 is 5.06. The summed E-state index contributed by atoms with van der Waals surface area (Å²) in [5.74, 6) is 0. The minimum absolute atomic E-state index is 0.148. The first-order valence-corrected chi connectivity index (χ1v) is 7.35. The summed E-state index contributed by atoms with van der Waals surface area (Å²) in [4.78, 5) is 15.6. The fourth-order valence-corrected chi connectivity index (χ4v) is 1.98. The van der Waals surface area contributed by atoms with Crippen molar-refractivity contribution in [2.75, 3.05) is 12.4 Å². The van der Waals surface area contributed by atoms with Crippen LogP contribution in [0.2, 0.25) is 0 Å². The van der Waals surface area contributed by atoms with Gasteiger partial charge in [0.2, 0.25) is 0 Å². The number of ether oxygens (including phenoxy) is 1. The highest BCUT2D eigenvalue weighted by atomic mass is 32.1. The van der Waals surface area contributed by atoms with E-state index in [2.05, 4.69) is 20.4 Å². The average molecular weight is 327 g/mol. The van der Waals surface area contributed by atoms with Crippen molar-refractivity contribution in [1.82, 2.24) is 5.32 Å². The third kappa shape index (κ3) is 5.19. The third-order valence-corrected chi connectivity index (χ3v) is 3.19. The highest BCUT2D eigenvalue weighted by Gasteiger charge is 2.06.